The summed E-state index contributed by atoms with van der Waals surface area (Å²) in [7, 11) is -3.81. The van der Waals surface area contributed by atoms with Gasteiger partial charge in [0, 0.05) is 24.7 Å². The lowest BCUT2D eigenvalue weighted by atomic mass is 9.91. The van der Waals surface area contributed by atoms with Gasteiger partial charge in [0.2, 0.25) is 10.0 Å². The second kappa shape index (κ2) is 9.53. The zero-order chi connectivity index (χ0) is 21.8. The molecule has 164 valence electrons. The number of hydrogen-bond donors (Lipinski definition) is 2. The first-order chi connectivity index (χ1) is 13.5. The molecule has 2 rings (SSSR count). The van der Waals surface area contributed by atoms with E-state index in [1.165, 1.54) is 12.5 Å². The fourth-order valence-corrected chi connectivity index (χ4v) is 4.95. The Morgan fingerprint density at radius 3 is 2.66 bits per heavy atom. The second-order valence-electron chi connectivity index (χ2n) is 8.78. The van der Waals surface area contributed by atoms with Crippen LogP contribution in [0.15, 0.2) is 23.1 Å². The molecule has 8 heteroatoms. The van der Waals surface area contributed by atoms with Gasteiger partial charge in [-0.2, -0.15) is 0 Å². The summed E-state index contributed by atoms with van der Waals surface area (Å²) >= 11 is 0. The fraction of sp³-hybridized carbons (Fsp3) is 0.667. The molecule has 0 aliphatic carbocycles. The molecule has 1 aromatic carbocycles. The molecule has 1 heterocycles. The summed E-state index contributed by atoms with van der Waals surface area (Å²) in [5.74, 6) is -0.694. The Balaban J connectivity index is 2.11. The Hall–Kier alpha value is -1.51. The minimum Gasteiger partial charge on any atom is -0.350 e. The maximum absolute atomic E-state index is 14.3. The number of sulfonamides is 1. The topological polar surface area (TPSA) is 78.5 Å². The molecule has 0 saturated carbocycles. The van der Waals surface area contributed by atoms with Crippen molar-refractivity contribution in [2.75, 3.05) is 19.6 Å². The molecule has 1 aliphatic heterocycles. The van der Waals surface area contributed by atoms with E-state index in [1.54, 1.807) is 13.8 Å². The zero-order valence-electron chi connectivity index (χ0n) is 18.1. The van der Waals surface area contributed by atoms with Gasteiger partial charge in [-0.15, -0.1) is 0 Å². The summed E-state index contributed by atoms with van der Waals surface area (Å²) < 4.78 is 41.4. The maximum Gasteiger partial charge on any atom is 0.254 e. The van der Waals surface area contributed by atoms with Gasteiger partial charge in [-0.3, -0.25) is 9.69 Å². The van der Waals surface area contributed by atoms with Gasteiger partial charge >= 0.3 is 0 Å². The van der Waals surface area contributed by atoms with Crippen molar-refractivity contribution < 1.29 is 17.6 Å². The number of nitrogens with zero attached hydrogens (tertiary/aromatic N) is 1. The molecule has 1 unspecified atom stereocenters. The Bertz CT molecular complexity index is 824. The molecular formula is C21H34FN3O3S. The number of benzene rings is 1. The van der Waals surface area contributed by atoms with E-state index in [4.69, 9.17) is 0 Å². The van der Waals surface area contributed by atoms with Crippen LogP contribution in [0.3, 0.4) is 0 Å². The van der Waals surface area contributed by atoms with Crippen LogP contribution in [0.4, 0.5) is 4.39 Å². The van der Waals surface area contributed by atoms with E-state index in [0.717, 1.165) is 38.1 Å². The first-order valence-corrected chi connectivity index (χ1v) is 11.8. The predicted octanol–water partition coefficient (Wildman–Crippen LogP) is 3.14. The van der Waals surface area contributed by atoms with E-state index in [-0.39, 0.29) is 22.0 Å². The van der Waals surface area contributed by atoms with Gasteiger partial charge in [-0.1, -0.05) is 13.3 Å². The van der Waals surface area contributed by atoms with Crippen molar-refractivity contribution in [1.82, 2.24) is 14.9 Å². The molecule has 1 aromatic rings. The third kappa shape index (κ3) is 6.23. The highest BCUT2D eigenvalue weighted by atomic mass is 32.2. The molecule has 1 aliphatic rings. The Morgan fingerprint density at radius 2 is 2.03 bits per heavy atom. The van der Waals surface area contributed by atoms with Gasteiger partial charge in [0.25, 0.3) is 5.91 Å². The number of carbonyl (C=O) groups excluding carboxylic acids is 1. The molecule has 0 bridgehead atoms. The number of rotatable bonds is 8. The van der Waals surface area contributed by atoms with Crippen LogP contribution in [0.1, 0.15) is 64.2 Å². The molecular weight excluding hydrogens is 393 g/mol. The van der Waals surface area contributed by atoms with Crippen LogP contribution in [0.2, 0.25) is 0 Å². The van der Waals surface area contributed by atoms with Crippen molar-refractivity contribution in [3.8, 4) is 0 Å². The zero-order valence-corrected chi connectivity index (χ0v) is 18.9. The van der Waals surface area contributed by atoms with E-state index in [0.29, 0.717) is 12.5 Å². The van der Waals surface area contributed by atoms with Gasteiger partial charge in [0.05, 0.1) is 10.5 Å². The fourth-order valence-electron chi connectivity index (χ4n) is 3.68. The minimum atomic E-state index is -3.81. The lowest BCUT2D eigenvalue weighted by Gasteiger charge is -2.43. The summed E-state index contributed by atoms with van der Waals surface area (Å²) in [6.07, 6.45) is 3.50. The summed E-state index contributed by atoms with van der Waals surface area (Å²) in [4.78, 5) is 14.9. The van der Waals surface area contributed by atoms with Crippen molar-refractivity contribution in [1.29, 1.82) is 0 Å². The lowest BCUT2D eigenvalue weighted by Crippen LogP contribution is -2.54. The third-order valence-electron chi connectivity index (χ3n) is 5.52. The van der Waals surface area contributed by atoms with Crippen LogP contribution in [0.25, 0.3) is 0 Å². The molecule has 1 amide bonds. The van der Waals surface area contributed by atoms with E-state index in [9.17, 15) is 17.6 Å². The number of piperidine rings is 1. The molecule has 0 aromatic heterocycles. The van der Waals surface area contributed by atoms with Crippen LogP contribution in [0, 0.1) is 11.7 Å². The van der Waals surface area contributed by atoms with E-state index >= 15 is 0 Å². The number of likely N-dealkylation sites (tertiary alicyclic amines) is 1. The van der Waals surface area contributed by atoms with Crippen molar-refractivity contribution in [2.45, 2.75) is 70.4 Å². The highest BCUT2D eigenvalue weighted by Crippen LogP contribution is 2.25. The summed E-state index contributed by atoms with van der Waals surface area (Å²) in [5.41, 5.74) is -0.541. The third-order valence-corrected chi connectivity index (χ3v) is 7.17. The van der Waals surface area contributed by atoms with E-state index < -0.39 is 21.7 Å². The molecule has 1 atom stereocenters. The number of hydrogen-bond acceptors (Lipinski definition) is 4. The first-order valence-electron chi connectivity index (χ1n) is 10.3. The molecule has 1 fully saturated rings. The number of nitrogens with one attached hydrogen (secondary N) is 2. The average Bonchev–Trinajstić information content (AvgIpc) is 2.65. The molecule has 0 spiro atoms. The van der Waals surface area contributed by atoms with Gasteiger partial charge in [0.15, 0.2) is 0 Å². The number of carbonyl (C=O) groups is 1. The van der Waals surface area contributed by atoms with Crippen LogP contribution in [-0.4, -0.2) is 50.4 Å². The van der Waals surface area contributed by atoms with Crippen molar-refractivity contribution in [2.24, 2.45) is 5.92 Å². The lowest BCUT2D eigenvalue weighted by molar-refractivity contribution is 0.0611. The standard InChI is InChI=1S/C21H34FN3O3S/c1-6-16-8-7-11-25(13-16)21(4,5)14-23-20(26)18-12-17(9-10-19(18)22)29(27,28)24-15(2)3/h9-10,12,15-16,24H,6-8,11,13-14H2,1-5H3,(H,23,26). The maximum atomic E-state index is 14.3. The molecule has 29 heavy (non-hydrogen) atoms. The van der Waals surface area contributed by atoms with Crippen molar-refractivity contribution in [3.05, 3.63) is 29.6 Å². The van der Waals surface area contributed by atoms with E-state index in [2.05, 4.69) is 35.7 Å². The normalized spacial score (nSPS) is 18.8. The molecule has 6 nitrogen and oxygen atoms in total. The molecule has 0 radical (unpaired) electrons. The molecule has 2 N–H and O–H groups in total. The predicted molar refractivity (Wildman–Crippen MR) is 113 cm³/mol. The van der Waals surface area contributed by atoms with Crippen molar-refractivity contribution in [3.63, 3.8) is 0 Å². The van der Waals surface area contributed by atoms with Crippen LogP contribution < -0.4 is 10.0 Å². The Labute approximate surface area is 174 Å². The average molecular weight is 428 g/mol. The summed E-state index contributed by atoms with van der Waals surface area (Å²) in [6, 6.07) is 2.97. The first kappa shape index (κ1) is 23.8. The SMILES string of the molecule is CCC1CCCN(C(C)(C)CNC(=O)c2cc(S(=O)(=O)NC(C)C)ccc2F)C1. The van der Waals surface area contributed by atoms with Crippen LogP contribution >= 0.6 is 0 Å². The largest absolute Gasteiger partial charge is 0.350 e. The van der Waals surface area contributed by atoms with Crippen molar-refractivity contribution >= 4 is 15.9 Å². The van der Waals surface area contributed by atoms with Gasteiger partial charge in [-0.25, -0.2) is 17.5 Å². The van der Waals surface area contributed by atoms with Gasteiger partial charge in [-0.05, 0) is 71.2 Å². The van der Waals surface area contributed by atoms with Gasteiger partial charge < -0.3 is 5.32 Å². The second-order valence-corrected chi connectivity index (χ2v) is 10.5. The Morgan fingerprint density at radius 1 is 1.34 bits per heavy atom. The molecule has 1 saturated heterocycles. The summed E-state index contributed by atoms with van der Waals surface area (Å²) in [5, 5.41) is 2.79. The van der Waals surface area contributed by atoms with Crippen LogP contribution in [0.5, 0.6) is 0 Å². The highest BCUT2D eigenvalue weighted by molar-refractivity contribution is 7.89. The quantitative estimate of drug-likeness (QED) is 0.668. The highest BCUT2D eigenvalue weighted by Gasteiger charge is 2.31. The van der Waals surface area contributed by atoms with E-state index in [1.807, 2.05) is 0 Å². The minimum absolute atomic E-state index is 0.126. The number of amides is 1. The van der Waals surface area contributed by atoms with Gasteiger partial charge in [0.1, 0.15) is 5.82 Å². The smallest absolute Gasteiger partial charge is 0.254 e. The number of halogens is 1. The summed E-state index contributed by atoms with van der Waals surface area (Å²) in [6.45, 7) is 12.0. The Kier molecular flexibility index (Phi) is 7.81. The monoisotopic (exact) mass is 427 g/mol. The van der Waals surface area contributed by atoms with Crippen LogP contribution in [-0.2, 0) is 10.0 Å².